The number of nitrogens with zero attached hydrogens (tertiary/aromatic N) is 3. The molecular weight excluding hydrogens is 250 g/mol. The summed E-state index contributed by atoms with van der Waals surface area (Å²) < 4.78 is 5.73. The van der Waals surface area contributed by atoms with Gasteiger partial charge in [0.25, 0.3) is 0 Å². The van der Waals surface area contributed by atoms with Gasteiger partial charge in [0.05, 0.1) is 12.3 Å². The van der Waals surface area contributed by atoms with Crippen LogP contribution in [0.2, 0.25) is 0 Å². The largest absolute Gasteiger partial charge is 0.492 e. The third kappa shape index (κ3) is 3.55. The number of rotatable bonds is 5. The predicted molar refractivity (Wildman–Crippen MR) is 76.5 cm³/mol. The molecule has 0 unspecified atom stereocenters. The fourth-order valence-electron chi connectivity index (χ4n) is 2.05. The first-order valence-electron chi connectivity index (χ1n) is 6.60. The van der Waals surface area contributed by atoms with Gasteiger partial charge in [0.2, 0.25) is 0 Å². The molecule has 2 aromatic rings. The van der Waals surface area contributed by atoms with Gasteiger partial charge in [-0.1, -0.05) is 0 Å². The number of hydrogen-bond acceptors (Lipinski definition) is 4. The second kappa shape index (κ2) is 6.67. The molecular formula is C16H17N3O. The first-order valence-corrected chi connectivity index (χ1v) is 6.60. The normalized spacial score (nSPS) is 10.1. The summed E-state index contributed by atoms with van der Waals surface area (Å²) in [7, 11) is 0. The Morgan fingerprint density at radius 3 is 2.70 bits per heavy atom. The summed E-state index contributed by atoms with van der Waals surface area (Å²) in [5.41, 5.74) is 3.35. The topological polar surface area (TPSA) is 58.8 Å². The van der Waals surface area contributed by atoms with Crippen molar-refractivity contribution in [1.29, 1.82) is 5.26 Å². The van der Waals surface area contributed by atoms with Crippen LogP contribution in [-0.4, -0.2) is 16.6 Å². The van der Waals surface area contributed by atoms with Crippen molar-refractivity contribution in [3.63, 3.8) is 0 Å². The minimum absolute atomic E-state index is 0.527. The molecule has 0 saturated heterocycles. The van der Waals surface area contributed by atoms with Gasteiger partial charge in [-0.25, -0.2) is 0 Å². The van der Waals surface area contributed by atoms with Crippen LogP contribution in [0.1, 0.15) is 28.9 Å². The fourth-order valence-corrected chi connectivity index (χ4v) is 2.05. The summed E-state index contributed by atoms with van der Waals surface area (Å²) in [6, 6.07) is 7.97. The van der Waals surface area contributed by atoms with Crippen LogP contribution in [0.3, 0.4) is 0 Å². The highest BCUT2D eigenvalue weighted by molar-refractivity contribution is 5.46. The van der Waals surface area contributed by atoms with E-state index in [9.17, 15) is 0 Å². The van der Waals surface area contributed by atoms with E-state index in [0.29, 0.717) is 17.9 Å². The smallest absolute Gasteiger partial charge is 0.140 e. The zero-order valence-electron chi connectivity index (χ0n) is 11.8. The lowest BCUT2D eigenvalue weighted by Gasteiger charge is -2.10. The molecule has 2 heterocycles. The standard InChI is InChI=1S/C16H17N3O/c1-12-10-16(15(11-17)13(2)19-12)20-9-3-4-14-5-7-18-8-6-14/h5-8,10H,3-4,9H2,1-2H3. The van der Waals surface area contributed by atoms with Gasteiger partial charge in [-0.15, -0.1) is 0 Å². The Balaban J connectivity index is 1.93. The molecule has 2 rings (SSSR count). The first-order chi connectivity index (χ1) is 9.70. The minimum atomic E-state index is 0.527. The minimum Gasteiger partial charge on any atom is -0.492 e. The van der Waals surface area contributed by atoms with Crippen molar-refractivity contribution in [2.45, 2.75) is 26.7 Å². The highest BCUT2D eigenvalue weighted by Crippen LogP contribution is 2.21. The summed E-state index contributed by atoms with van der Waals surface area (Å²) in [5, 5.41) is 9.15. The summed E-state index contributed by atoms with van der Waals surface area (Å²) in [6.07, 6.45) is 5.42. The molecule has 0 radical (unpaired) electrons. The monoisotopic (exact) mass is 267 g/mol. The Labute approximate surface area is 119 Å². The Bertz CT molecular complexity index is 618. The highest BCUT2D eigenvalue weighted by Gasteiger charge is 2.09. The molecule has 0 aliphatic heterocycles. The number of pyridine rings is 2. The Kier molecular flexibility index (Phi) is 4.67. The molecule has 20 heavy (non-hydrogen) atoms. The molecule has 4 heteroatoms. The molecule has 0 aromatic carbocycles. The zero-order chi connectivity index (χ0) is 14.4. The van der Waals surface area contributed by atoms with Crippen LogP contribution in [0, 0.1) is 25.2 Å². The van der Waals surface area contributed by atoms with Gasteiger partial charge in [0.15, 0.2) is 0 Å². The van der Waals surface area contributed by atoms with E-state index < -0.39 is 0 Å². The van der Waals surface area contributed by atoms with E-state index in [1.54, 1.807) is 12.4 Å². The van der Waals surface area contributed by atoms with E-state index in [2.05, 4.69) is 16.0 Å². The molecule has 0 atom stereocenters. The van der Waals surface area contributed by atoms with Gasteiger partial charge < -0.3 is 4.74 Å². The molecule has 0 aliphatic carbocycles. The van der Waals surface area contributed by atoms with E-state index in [4.69, 9.17) is 10.00 Å². The number of nitriles is 1. The first kappa shape index (κ1) is 14.0. The molecule has 4 nitrogen and oxygen atoms in total. The maximum Gasteiger partial charge on any atom is 0.140 e. The molecule has 0 aliphatic rings. The van der Waals surface area contributed by atoms with Crippen LogP contribution in [0.4, 0.5) is 0 Å². The zero-order valence-corrected chi connectivity index (χ0v) is 11.8. The molecule has 0 N–H and O–H groups in total. The van der Waals surface area contributed by atoms with Gasteiger partial charge in [0.1, 0.15) is 17.4 Å². The molecule has 0 saturated carbocycles. The lowest BCUT2D eigenvalue weighted by Crippen LogP contribution is -2.03. The second-order valence-corrected chi connectivity index (χ2v) is 4.64. The van der Waals surface area contributed by atoms with E-state index in [1.807, 2.05) is 32.0 Å². The van der Waals surface area contributed by atoms with E-state index >= 15 is 0 Å². The van der Waals surface area contributed by atoms with Crippen LogP contribution in [0.25, 0.3) is 0 Å². The highest BCUT2D eigenvalue weighted by atomic mass is 16.5. The van der Waals surface area contributed by atoms with Crippen molar-refractivity contribution in [3.05, 3.63) is 53.1 Å². The number of hydrogen-bond donors (Lipinski definition) is 0. The SMILES string of the molecule is Cc1cc(OCCCc2ccncc2)c(C#N)c(C)n1. The summed E-state index contributed by atoms with van der Waals surface area (Å²) in [6.45, 7) is 4.31. The average molecular weight is 267 g/mol. The number of aryl methyl sites for hydroxylation is 3. The van der Waals surface area contributed by atoms with Crippen molar-refractivity contribution in [1.82, 2.24) is 9.97 Å². The van der Waals surface area contributed by atoms with Crippen LogP contribution in [0.15, 0.2) is 30.6 Å². The molecule has 0 fully saturated rings. The molecule has 0 spiro atoms. The lowest BCUT2D eigenvalue weighted by molar-refractivity contribution is 0.309. The summed E-state index contributed by atoms with van der Waals surface area (Å²) >= 11 is 0. The third-order valence-corrected chi connectivity index (χ3v) is 3.02. The maximum absolute atomic E-state index is 9.15. The molecule has 2 aromatic heterocycles. The van der Waals surface area contributed by atoms with Crippen LogP contribution in [-0.2, 0) is 6.42 Å². The second-order valence-electron chi connectivity index (χ2n) is 4.64. The maximum atomic E-state index is 9.15. The van der Waals surface area contributed by atoms with Crippen molar-refractivity contribution in [3.8, 4) is 11.8 Å². The Morgan fingerprint density at radius 1 is 1.25 bits per heavy atom. The van der Waals surface area contributed by atoms with Gasteiger partial charge in [-0.3, -0.25) is 9.97 Å². The van der Waals surface area contributed by atoms with Gasteiger partial charge in [-0.05, 0) is 44.4 Å². The van der Waals surface area contributed by atoms with Gasteiger partial charge in [0, 0.05) is 24.2 Å². The molecule has 0 amide bonds. The quantitative estimate of drug-likeness (QED) is 0.781. The fraction of sp³-hybridized carbons (Fsp3) is 0.312. The average Bonchev–Trinajstić information content (AvgIpc) is 2.44. The van der Waals surface area contributed by atoms with E-state index in [-0.39, 0.29) is 0 Å². The van der Waals surface area contributed by atoms with E-state index in [1.165, 1.54) is 5.56 Å². The van der Waals surface area contributed by atoms with Crippen LogP contribution in [0.5, 0.6) is 5.75 Å². The van der Waals surface area contributed by atoms with Crippen molar-refractivity contribution < 1.29 is 4.74 Å². The van der Waals surface area contributed by atoms with Crippen molar-refractivity contribution in [2.75, 3.05) is 6.61 Å². The van der Waals surface area contributed by atoms with Crippen LogP contribution >= 0.6 is 0 Å². The van der Waals surface area contributed by atoms with Crippen molar-refractivity contribution in [2.24, 2.45) is 0 Å². The number of ether oxygens (including phenoxy) is 1. The van der Waals surface area contributed by atoms with Gasteiger partial charge in [-0.2, -0.15) is 5.26 Å². The summed E-state index contributed by atoms with van der Waals surface area (Å²) in [4.78, 5) is 8.26. The predicted octanol–water partition coefficient (Wildman–Crippen LogP) is 2.98. The third-order valence-electron chi connectivity index (χ3n) is 3.02. The van der Waals surface area contributed by atoms with E-state index in [0.717, 1.165) is 24.2 Å². The van der Waals surface area contributed by atoms with Crippen LogP contribution < -0.4 is 4.74 Å². The van der Waals surface area contributed by atoms with Gasteiger partial charge >= 0.3 is 0 Å². The Hall–Kier alpha value is -2.41. The molecule has 102 valence electrons. The summed E-state index contributed by atoms with van der Waals surface area (Å²) in [5.74, 6) is 0.632. The Morgan fingerprint density at radius 2 is 2.00 bits per heavy atom. The lowest BCUT2D eigenvalue weighted by atomic mass is 10.1. The number of aromatic nitrogens is 2. The molecule has 0 bridgehead atoms. The van der Waals surface area contributed by atoms with Crippen molar-refractivity contribution >= 4 is 0 Å².